The molecule has 4 nitrogen and oxygen atoms in total. The molecule has 1 atom stereocenters. The molecule has 4 heteroatoms. The largest absolute Gasteiger partial charge is 0.467 e. The van der Waals surface area contributed by atoms with Gasteiger partial charge in [0.25, 0.3) is 0 Å². The van der Waals surface area contributed by atoms with E-state index >= 15 is 0 Å². The molecule has 0 bridgehead atoms. The Morgan fingerprint density at radius 3 is 2.82 bits per heavy atom. The van der Waals surface area contributed by atoms with Crippen molar-refractivity contribution < 1.29 is 4.42 Å². The molecule has 2 aromatic heterocycles. The Morgan fingerprint density at radius 1 is 1.47 bits per heavy atom. The van der Waals surface area contributed by atoms with Crippen molar-refractivity contribution >= 4 is 0 Å². The van der Waals surface area contributed by atoms with Crippen LogP contribution >= 0.6 is 0 Å². The number of hydrogen-bond donors (Lipinski definition) is 1. The molecule has 0 spiro atoms. The standard InChI is InChI=1S/C13H19N3O/c1-4-14-12(13-10(2)6-8-17-13)9-11-5-7-16(3)15-11/h5-8,12,14H,4,9H2,1-3H3. The predicted octanol–water partition coefficient (Wildman–Crippen LogP) is 2.21. The summed E-state index contributed by atoms with van der Waals surface area (Å²) in [7, 11) is 1.93. The van der Waals surface area contributed by atoms with Crippen molar-refractivity contribution in [3.63, 3.8) is 0 Å². The van der Waals surface area contributed by atoms with Gasteiger partial charge in [-0.3, -0.25) is 4.68 Å². The number of hydrogen-bond acceptors (Lipinski definition) is 3. The highest BCUT2D eigenvalue weighted by molar-refractivity contribution is 5.20. The Bertz CT molecular complexity index is 472. The highest BCUT2D eigenvalue weighted by Crippen LogP contribution is 2.21. The third kappa shape index (κ3) is 2.77. The zero-order valence-corrected chi connectivity index (χ0v) is 10.6. The fraction of sp³-hybridized carbons (Fsp3) is 0.462. The third-order valence-corrected chi connectivity index (χ3v) is 2.85. The van der Waals surface area contributed by atoms with E-state index in [9.17, 15) is 0 Å². The van der Waals surface area contributed by atoms with Crippen molar-refractivity contribution in [1.82, 2.24) is 15.1 Å². The first kappa shape index (κ1) is 11.9. The molecule has 0 aliphatic heterocycles. The molecule has 2 heterocycles. The van der Waals surface area contributed by atoms with Crippen molar-refractivity contribution in [3.05, 3.63) is 41.6 Å². The summed E-state index contributed by atoms with van der Waals surface area (Å²) in [6.45, 7) is 5.09. The van der Waals surface area contributed by atoms with E-state index < -0.39 is 0 Å². The van der Waals surface area contributed by atoms with E-state index in [-0.39, 0.29) is 6.04 Å². The molecule has 1 N–H and O–H groups in total. The number of rotatable bonds is 5. The lowest BCUT2D eigenvalue weighted by Crippen LogP contribution is -2.23. The van der Waals surface area contributed by atoms with Crippen LogP contribution in [0.25, 0.3) is 0 Å². The first-order chi connectivity index (χ1) is 8.20. The van der Waals surface area contributed by atoms with Crippen molar-refractivity contribution in [2.24, 2.45) is 7.05 Å². The van der Waals surface area contributed by atoms with Gasteiger partial charge in [0.05, 0.1) is 18.0 Å². The summed E-state index contributed by atoms with van der Waals surface area (Å²) in [5.41, 5.74) is 2.26. The minimum absolute atomic E-state index is 0.199. The van der Waals surface area contributed by atoms with E-state index in [2.05, 4.69) is 24.3 Å². The average molecular weight is 233 g/mol. The fourth-order valence-electron chi connectivity index (χ4n) is 2.03. The molecule has 0 fully saturated rings. The molecule has 0 saturated heterocycles. The second-order valence-corrected chi connectivity index (χ2v) is 4.26. The fourth-order valence-corrected chi connectivity index (χ4v) is 2.03. The average Bonchev–Trinajstić information content (AvgIpc) is 2.87. The first-order valence-electron chi connectivity index (χ1n) is 5.96. The molecule has 17 heavy (non-hydrogen) atoms. The summed E-state index contributed by atoms with van der Waals surface area (Å²) >= 11 is 0. The van der Waals surface area contributed by atoms with Gasteiger partial charge >= 0.3 is 0 Å². The lowest BCUT2D eigenvalue weighted by atomic mass is 10.1. The van der Waals surface area contributed by atoms with E-state index in [0.717, 1.165) is 24.4 Å². The SMILES string of the molecule is CCNC(Cc1ccn(C)n1)c1occc1C. The quantitative estimate of drug-likeness (QED) is 0.861. The van der Waals surface area contributed by atoms with Crippen LogP contribution in [0.15, 0.2) is 29.0 Å². The lowest BCUT2D eigenvalue weighted by Gasteiger charge is -2.15. The van der Waals surface area contributed by atoms with Gasteiger partial charge in [-0.05, 0) is 31.2 Å². The van der Waals surface area contributed by atoms with Crippen LogP contribution in [0.2, 0.25) is 0 Å². The van der Waals surface area contributed by atoms with Crippen LogP contribution in [0.3, 0.4) is 0 Å². The minimum Gasteiger partial charge on any atom is -0.467 e. The zero-order chi connectivity index (χ0) is 12.3. The van der Waals surface area contributed by atoms with Crippen LogP contribution in [-0.2, 0) is 13.5 Å². The van der Waals surface area contributed by atoms with Crippen LogP contribution in [0.1, 0.15) is 30.0 Å². The monoisotopic (exact) mass is 233 g/mol. The van der Waals surface area contributed by atoms with Crippen molar-refractivity contribution in [1.29, 1.82) is 0 Å². The number of nitrogens with one attached hydrogen (secondary N) is 1. The van der Waals surface area contributed by atoms with E-state index in [0.29, 0.717) is 0 Å². The highest BCUT2D eigenvalue weighted by atomic mass is 16.3. The lowest BCUT2D eigenvalue weighted by molar-refractivity contribution is 0.411. The van der Waals surface area contributed by atoms with Crippen molar-refractivity contribution in [2.45, 2.75) is 26.3 Å². The van der Waals surface area contributed by atoms with Gasteiger partial charge in [0, 0.05) is 19.7 Å². The maximum Gasteiger partial charge on any atom is 0.123 e. The van der Waals surface area contributed by atoms with Gasteiger partial charge in [-0.25, -0.2) is 0 Å². The van der Waals surface area contributed by atoms with Crippen LogP contribution in [-0.4, -0.2) is 16.3 Å². The summed E-state index contributed by atoms with van der Waals surface area (Å²) < 4.78 is 7.39. The van der Waals surface area contributed by atoms with Gasteiger partial charge in [0.15, 0.2) is 0 Å². The van der Waals surface area contributed by atoms with Gasteiger partial charge in [-0.1, -0.05) is 6.92 Å². The van der Waals surface area contributed by atoms with Gasteiger partial charge in [0.2, 0.25) is 0 Å². The number of nitrogens with zero attached hydrogens (tertiary/aromatic N) is 2. The Kier molecular flexibility index (Phi) is 3.64. The molecule has 2 aromatic rings. The summed E-state index contributed by atoms with van der Waals surface area (Å²) in [5, 5.41) is 7.85. The van der Waals surface area contributed by atoms with E-state index in [1.807, 2.05) is 30.1 Å². The molecule has 92 valence electrons. The molecule has 2 rings (SSSR count). The van der Waals surface area contributed by atoms with Gasteiger partial charge in [-0.2, -0.15) is 5.10 Å². The molecule has 0 amide bonds. The minimum atomic E-state index is 0.199. The van der Waals surface area contributed by atoms with Crippen molar-refractivity contribution in [2.75, 3.05) is 6.54 Å². The molecular formula is C13H19N3O. The normalized spacial score (nSPS) is 12.9. The molecule has 0 aliphatic carbocycles. The maximum atomic E-state index is 5.56. The van der Waals surface area contributed by atoms with E-state index in [1.165, 1.54) is 5.56 Å². The van der Waals surface area contributed by atoms with E-state index in [4.69, 9.17) is 4.42 Å². The molecule has 0 aliphatic rings. The molecule has 0 radical (unpaired) electrons. The smallest absolute Gasteiger partial charge is 0.123 e. The summed E-state index contributed by atoms with van der Waals surface area (Å²) in [6, 6.07) is 4.24. The zero-order valence-electron chi connectivity index (χ0n) is 10.6. The van der Waals surface area contributed by atoms with Crippen LogP contribution in [0, 0.1) is 6.92 Å². The molecule has 0 aromatic carbocycles. The van der Waals surface area contributed by atoms with Gasteiger partial charge in [0.1, 0.15) is 5.76 Å². The van der Waals surface area contributed by atoms with Gasteiger partial charge < -0.3 is 9.73 Å². The summed E-state index contributed by atoms with van der Waals surface area (Å²) in [4.78, 5) is 0. The van der Waals surface area contributed by atoms with Crippen LogP contribution in [0.4, 0.5) is 0 Å². The highest BCUT2D eigenvalue weighted by Gasteiger charge is 2.17. The number of aryl methyl sites for hydroxylation is 2. The third-order valence-electron chi connectivity index (χ3n) is 2.85. The maximum absolute atomic E-state index is 5.56. The Balaban J connectivity index is 2.15. The first-order valence-corrected chi connectivity index (χ1v) is 5.96. The molecular weight excluding hydrogens is 214 g/mol. The second kappa shape index (κ2) is 5.19. The predicted molar refractivity (Wildman–Crippen MR) is 66.8 cm³/mol. The summed E-state index contributed by atoms with van der Waals surface area (Å²) in [5.74, 6) is 1.01. The molecule has 0 saturated carbocycles. The Hall–Kier alpha value is -1.55. The Labute approximate surface area is 102 Å². The molecule has 1 unspecified atom stereocenters. The summed E-state index contributed by atoms with van der Waals surface area (Å²) in [6.07, 6.45) is 4.56. The van der Waals surface area contributed by atoms with E-state index in [1.54, 1.807) is 6.26 Å². The number of likely N-dealkylation sites (N-methyl/N-ethyl adjacent to an activating group) is 1. The topological polar surface area (TPSA) is 43.0 Å². The van der Waals surface area contributed by atoms with Gasteiger partial charge in [-0.15, -0.1) is 0 Å². The van der Waals surface area contributed by atoms with Crippen LogP contribution < -0.4 is 5.32 Å². The van der Waals surface area contributed by atoms with Crippen LogP contribution in [0.5, 0.6) is 0 Å². The second-order valence-electron chi connectivity index (χ2n) is 4.26. The Morgan fingerprint density at radius 2 is 2.29 bits per heavy atom. The van der Waals surface area contributed by atoms with Crippen molar-refractivity contribution in [3.8, 4) is 0 Å². The number of aromatic nitrogens is 2. The number of furan rings is 1.